The summed E-state index contributed by atoms with van der Waals surface area (Å²) in [4.78, 5) is 24.5. The highest BCUT2D eigenvalue weighted by atomic mass is 32.1. The summed E-state index contributed by atoms with van der Waals surface area (Å²) in [6.45, 7) is 5.74. The molecule has 0 amide bonds. The molecule has 1 N–H and O–H groups in total. The Morgan fingerprint density at radius 1 is 1.29 bits per heavy atom. The number of aryl methyl sites for hydroxylation is 1. The molecule has 3 aromatic heterocycles. The zero-order chi connectivity index (χ0) is 28.5. The van der Waals surface area contributed by atoms with Gasteiger partial charge in [-0.05, 0) is 63.4 Å². The van der Waals surface area contributed by atoms with Crippen LogP contribution in [0.3, 0.4) is 0 Å². The Hall–Kier alpha value is -3.85. The van der Waals surface area contributed by atoms with Gasteiger partial charge >= 0.3 is 5.97 Å². The summed E-state index contributed by atoms with van der Waals surface area (Å²) < 4.78 is 28.2. The number of piperidine rings is 1. The molecular weight excluding hydrogens is 545 g/mol. The average molecular weight is 576 g/mol. The second-order valence-corrected chi connectivity index (χ2v) is 11.6. The van der Waals surface area contributed by atoms with E-state index in [9.17, 15) is 14.3 Å². The molecule has 9 nitrogen and oxygen atoms in total. The molecule has 0 bridgehead atoms. The first kappa shape index (κ1) is 27.3. The highest BCUT2D eigenvalue weighted by Gasteiger charge is 2.29. The van der Waals surface area contributed by atoms with Crippen molar-refractivity contribution < 1.29 is 23.8 Å². The van der Waals surface area contributed by atoms with Gasteiger partial charge in [-0.25, -0.2) is 19.2 Å². The van der Waals surface area contributed by atoms with Crippen LogP contribution in [-0.4, -0.2) is 56.3 Å². The van der Waals surface area contributed by atoms with E-state index >= 15 is 0 Å². The molecule has 4 aromatic rings. The molecule has 0 radical (unpaired) electrons. The normalized spacial score (nSPS) is 17.8. The molecule has 11 heteroatoms. The Kier molecular flexibility index (Phi) is 7.71. The van der Waals surface area contributed by atoms with E-state index in [1.807, 2.05) is 25.1 Å². The van der Waals surface area contributed by atoms with Crippen LogP contribution in [-0.2, 0) is 24.4 Å². The Morgan fingerprint density at radius 2 is 2.10 bits per heavy atom. The average Bonchev–Trinajstić information content (AvgIpc) is 3.46. The number of carboxylic acid groups (broad SMARTS) is 1. The number of aromatic nitrogens is 3. The summed E-state index contributed by atoms with van der Waals surface area (Å²) in [5.74, 6) is 0.325. The molecule has 2 fully saturated rings. The number of hydrogen-bond acceptors (Lipinski definition) is 8. The van der Waals surface area contributed by atoms with Gasteiger partial charge in [0, 0.05) is 29.5 Å². The maximum atomic E-state index is 14.4. The number of pyridine rings is 1. The van der Waals surface area contributed by atoms with Gasteiger partial charge in [-0.2, -0.15) is 5.26 Å². The molecule has 41 heavy (non-hydrogen) atoms. The summed E-state index contributed by atoms with van der Waals surface area (Å²) in [5.41, 5.74) is 3.34. The van der Waals surface area contributed by atoms with Crippen LogP contribution in [0.2, 0.25) is 0 Å². The number of ether oxygens (including phenoxy) is 2. The van der Waals surface area contributed by atoms with Gasteiger partial charge in [-0.1, -0.05) is 12.1 Å². The van der Waals surface area contributed by atoms with E-state index in [0.29, 0.717) is 29.4 Å². The summed E-state index contributed by atoms with van der Waals surface area (Å²) in [7, 11) is 0. The summed E-state index contributed by atoms with van der Waals surface area (Å²) >= 11 is 1.24. The second-order valence-electron chi connectivity index (χ2n) is 10.6. The third-order valence-corrected chi connectivity index (χ3v) is 9.19. The van der Waals surface area contributed by atoms with E-state index in [0.717, 1.165) is 66.3 Å². The van der Waals surface area contributed by atoms with Crippen LogP contribution in [0, 0.1) is 24.1 Å². The van der Waals surface area contributed by atoms with Gasteiger partial charge in [-0.3, -0.25) is 4.90 Å². The molecule has 2 saturated heterocycles. The number of nitriles is 1. The zero-order valence-corrected chi connectivity index (χ0v) is 23.5. The highest BCUT2D eigenvalue weighted by molar-refractivity contribution is 7.20. The number of aromatic carboxylic acids is 1. The maximum Gasteiger partial charge on any atom is 0.346 e. The third kappa shape index (κ3) is 5.55. The van der Waals surface area contributed by atoms with Crippen LogP contribution < -0.4 is 4.74 Å². The number of benzene rings is 1. The number of imidazole rings is 1. The smallest absolute Gasteiger partial charge is 0.346 e. The van der Waals surface area contributed by atoms with Crippen molar-refractivity contribution in [1.29, 1.82) is 5.26 Å². The molecule has 0 spiro atoms. The number of likely N-dealkylation sites (tertiary alicyclic amines) is 1. The van der Waals surface area contributed by atoms with Gasteiger partial charge < -0.3 is 19.1 Å². The number of hydrogen-bond donors (Lipinski definition) is 1. The summed E-state index contributed by atoms with van der Waals surface area (Å²) in [6.07, 6.45) is 4.63. The molecule has 0 saturated carbocycles. The molecular formula is C30H30FN5O4S. The quantitative estimate of drug-likeness (QED) is 0.288. The van der Waals surface area contributed by atoms with Crippen LogP contribution in [0.5, 0.6) is 5.88 Å². The van der Waals surface area contributed by atoms with E-state index < -0.39 is 11.8 Å². The molecule has 1 atom stereocenters. The fourth-order valence-corrected chi connectivity index (χ4v) is 6.70. The predicted molar refractivity (Wildman–Crippen MR) is 151 cm³/mol. The first-order valence-electron chi connectivity index (χ1n) is 13.7. The van der Waals surface area contributed by atoms with Gasteiger partial charge in [0.15, 0.2) is 0 Å². The van der Waals surface area contributed by atoms with Gasteiger partial charge in [0.25, 0.3) is 0 Å². The molecule has 2 aliphatic heterocycles. The molecule has 212 valence electrons. The minimum atomic E-state index is -0.915. The van der Waals surface area contributed by atoms with Crippen molar-refractivity contribution in [3.05, 3.63) is 75.3 Å². The number of fused-ring (bicyclic) bond motifs is 1. The number of nitrogens with zero attached hydrogens (tertiary/aromatic N) is 5. The number of carboxylic acids is 1. The van der Waals surface area contributed by atoms with Crippen molar-refractivity contribution >= 4 is 27.7 Å². The van der Waals surface area contributed by atoms with E-state index in [1.54, 1.807) is 18.3 Å². The Morgan fingerprint density at radius 3 is 2.78 bits per heavy atom. The van der Waals surface area contributed by atoms with E-state index in [1.165, 1.54) is 17.4 Å². The summed E-state index contributed by atoms with van der Waals surface area (Å²) in [5, 5.41) is 18.6. The fourth-order valence-electron chi connectivity index (χ4n) is 5.66. The monoisotopic (exact) mass is 575 g/mol. The zero-order valence-electron chi connectivity index (χ0n) is 22.7. The van der Waals surface area contributed by atoms with Crippen LogP contribution in [0.4, 0.5) is 4.39 Å². The SMILES string of the molecule is Cc1c(C(=O)O)sc2nc(CN3CCC(c4cccnc4OCc4ccc(C#N)cc4F)CC3)n(CC3CCO3)c12. The number of thiophene rings is 1. The van der Waals surface area contributed by atoms with Crippen molar-refractivity contribution in [3.8, 4) is 11.9 Å². The highest BCUT2D eigenvalue weighted by Crippen LogP contribution is 2.36. The third-order valence-electron chi connectivity index (χ3n) is 8.02. The van der Waals surface area contributed by atoms with E-state index in [4.69, 9.17) is 19.7 Å². The molecule has 1 aromatic carbocycles. The Labute approximate surface area is 240 Å². The minimum Gasteiger partial charge on any atom is -0.477 e. The molecule has 0 aliphatic carbocycles. The van der Waals surface area contributed by atoms with Gasteiger partial charge in [0.05, 0.1) is 36.3 Å². The van der Waals surface area contributed by atoms with Crippen molar-refractivity contribution in [3.63, 3.8) is 0 Å². The first-order chi connectivity index (χ1) is 19.9. The van der Waals surface area contributed by atoms with Gasteiger partial charge in [-0.15, -0.1) is 11.3 Å². The first-order valence-corrected chi connectivity index (χ1v) is 14.5. The van der Waals surface area contributed by atoms with Crippen LogP contribution >= 0.6 is 11.3 Å². The Bertz CT molecular complexity index is 1630. The largest absolute Gasteiger partial charge is 0.477 e. The lowest BCUT2D eigenvalue weighted by molar-refractivity contribution is -0.0592. The topological polar surface area (TPSA) is 114 Å². The van der Waals surface area contributed by atoms with Crippen LogP contribution in [0.25, 0.3) is 10.3 Å². The lowest BCUT2D eigenvalue weighted by atomic mass is 9.90. The van der Waals surface area contributed by atoms with Crippen molar-refractivity contribution in [2.75, 3.05) is 19.7 Å². The number of halogens is 1. The van der Waals surface area contributed by atoms with Gasteiger partial charge in [0.2, 0.25) is 5.88 Å². The van der Waals surface area contributed by atoms with Gasteiger partial charge in [0.1, 0.15) is 28.0 Å². The lowest BCUT2D eigenvalue weighted by Gasteiger charge is -2.33. The van der Waals surface area contributed by atoms with E-state index in [-0.39, 0.29) is 24.2 Å². The maximum absolute atomic E-state index is 14.4. The standard InChI is InChI=1S/C30H30FN5O4S/c1-18-26-29(41-27(18)30(37)38)34-25(36(26)15-22-8-12-39-22)16-35-10-6-20(7-11-35)23-3-2-9-33-28(23)40-17-21-5-4-19(14-32)13-24(21)31/h2-5,9,13,20,22H,6-8,10-12,15-17H2,1H3,(H,37,38). The van der Waals surface area contributed by atoms with Crippen molar-refractivity contribution in [1.82, 2.24) is 19.4 Å². The molecule has 6 rings (SSSR count). The lowest BCUT2D eigenvalue weighted by Crippen LogP contribution is -2.35. The predicted octanol–water partition coefficient (Wildman–Crippen LogP) is 5.26. The van der Waals surface area contributed by atoms with Crippen LogP contribution in [0.1, 0.15) is 62.9 Å². The van der Waals surface area contributed by atoms with Crippen molar-refractivity contribution in [2.24, 2.45) is 0 Å². The summed E-state index contributed by atoms with van der Waals surface area (Å²) in [6, 6.07) is 10.2. The van der Waals surface area contributed by atoms with Crippen molar-refractivity contribution in [2.45, 2.75) is 57.9 Å². The second kappa shape index (κ2) is 11.6. The molecule has 5 heterocycles. The minimum absolute atomic E-state index is 0.0356. The number of carbonyl (C=O) groups is 1. The van der Waals surface area contributed by atoms with E-state index in [2.05, 4.69) is 14.5 Å². The molecule has 2 aliphatic rings. The van der Waals surface area contributed by atoms with Crippen LogP contribution in [0.15, 0.2) is 36.5 Å². The number of rotatable bonds is 9. The molecule has 1 unspecified atom stereocenters. The Balaban J connectivity index is 1.14. The fraction of sp³-hybridized carbons (Fsp3) is 0.400.